The van der Waals surface area contributed by atoms with Crippen molar-refractivity contribution in [1.29, 1.82) is 0 Å². The lowest BCUT2D eigenvalue weighted by molar-refractivity contribution is -0.145. The summed E-state index contributed by atoms with van der Waals surface area (Å²) in [7, 11) is -3.76. The van der Waals surface area contributed by atoms with Crippen molar-refractivity contribution in [2.45, 2.75) is 42.5 Å². The number of aliphatic carboxylic acids is 1. The summed E-state index contributed by atoms with van der Waals surface area (Å²) in [5, 5.41) is 12.1. The van der Waals surface area contributed by atoms with Crippen LogP contribution in [0.25, 0.3) is 0 Å². The highest BCUT2D eigenvalue weighted by Gasteiger charge is 2.41. The van der Waals surface area contributed by atoms with Crippen molar-refractivity contribution in [1.82, 2.24) is 10.0 Å². The molecule has 0 aromatic heterocycles. The molecule has 25 heavy (non-hydrogen) atoms. The van der Waals surface area contributed by atoms with Gasteiger partial charge < -0.3 is 10.4 Å². The van der Waals surface area contributed by atoms with E-state index in [2.05, 4.69) is 16.6 Å². The molecule has 0 atom stereocenters. The Morgan fingerprint density at radius 2 is 1.92 bits per heavy atom. The summed E-state index contributed by atoms with van der Waals surface area (Å²) in [6.07, 6.45) is 4.54. The zero-order valence-electron chi connectivity index (χ0n) is 13.8. The van der Waals surface area contributed by atoms with E-state index < -0.39 is 27.4 Å². The maximum atomic E-state index is 12.5. The van der Waals surface area contributed by atoms with Crippen LogP contribution in [0.1, 0.15) is 42.5 Å². The zero-order chi connectivity index (χ0) is 18.5. The average molecular weight is 366 g/mol. The van der Waals surface area contributed by atoms with Gasteiger partial charge >= 0.3 is 5.97 Å². The van der Waals surface area contributed by atoms with E-state index in [1.807, 2.05) is 0 Å². The largest absolute Gasteiger partial charge is 0.480 e. The quantitative estimate of drug-likeness (QED) is 0.636. The molecule has 1 fully saturated rings. The topological polar surface area (TPSA) is 113 Å². The highest BCUT2D eigenvalue weighted by molar-refractivity contribution is 7.89. The number of amides is 1. The Hall–Kier alpha value is -2.19. The predicted octanol–water partition coefficient (Wildman–Crippen LogP) is 1.67. The summed E-state index contributed by atoms with van der Waals surface area (Å²) >= 11 is 0. The first-order valence-corrected chi connectivity index (χ1v) is 9.56. The molecule has 0 bridgehead atoms. The van der Waals surface area contributed by atoms with Gasteiger partial charge in [-0.3, -0.25) is 4.79 Å². The van der Waals surface area contributed by atoms with E-state index >= 15 is 0 Å². The standard InChI is InChI=1S/C17H22N2O5S/c1-2-11-18-25(23,24)14-8-6-7-13(12-14)15(20)19-17(16(21)22)9-4-3-5-10-17/h2,6-8,12,18H,1,3-5,9-11H2,(H,19,20)(H,21,22). The van der Waals surface area contributed by atoms with E-state index in [1.165, 1.54) is 30.3 Å². The summed E-state index contributed by atoms with van der Waals surface area (Å²) in [5.74, 6) is -1.65. The SMILES string of the molecule is C=CCNS(=O)(=O)c1cccc(C(=O)NC2(C(=O)O)CCCCC2)c1. The molecule has 3 N–H and O–H groups in total. The van der Waals surface area contributed by atoms with Gasteiger partial charge in [0, 0.05) is 12.1 Å². The van der Waals surface area contributed by atoms with E-state index in [0.29, 0.717) is 12.8 Å². The monoisotopic (exact) mass is 366 g/mol. The maximum Gasteiger partial charge on any atom is 0.329 e. The molecule has 1 aliphatic rings. The van der Waals surface area contributed by atoms with Gasteiger partial charge in [0.1, 0.15) is 5.54 Å². The third-order valence-electron chi connectivity index (χ3n) is 4.29. The normalized spacial score (nSPS) is 16.8. The summed E-state index contributed by atoms with van der Waals surface area (Å²) < 4.78 is 26.6. The first kappa shape index (κ1) is 19.1. The van der Waals surface area contributed by atoms with Crippen molar-refractivity contribution < 1.29 is 23.1 Å². The van der Waals surface area contributed by atoms with Crippen molar-refractivity contribution >= 4 is 21.9 Å². The molecule has 0 heterocycles. The molecule has 0 saturated heterocycles. The highest BCUT2D eigenvalue weighted by Crippen LogP contribution is 2.29. The molecule has 0 radical (unpaired) electrons. The van der Waals surface area contributed by atoms with Crippen LogP contribution in [0.2, 0.25) is 0 Å². The Labute approximate surface area is 147 Å². The molecule has 1 amide bonds. The number of carbonyl (C=O) groups is 2. The van der Waals surface area contributed by atoms with Crippen molar-refractivity contribution in [3.8, 4) is 0 Å². The highest BCUT2D eigenvalue weighted by atomic mass is 32.2. The summed E-state index contributed by atoms with van der Waals surface area (Å²) in [4.78, 5) is 24.1. The van der Waals surface area contributed by atoms with Crippen LogP contribution in [-0.4, -0.2) is 37.5 Å². The van der Waals surface area contributed by atoms with E-state index in [4.69, 9.17) is 0 Å². The molecule has 136 valence electrons. The molecule has 2 rings (SSSR count). The Morgan fingerprint density at radius 3 is 2.52 bits per heavy atom. The molecule has 1 aliphatic carbocycles. The maximum absolute atomic E-state index is 12.5. The van der Waals surface area contributed by atoms with Crippen molar-refractivity contribution in [3.63, 3.8) is 0 Å². The van der Waals surface area contributed by atoms with Gasteiger partial charge in [0.05, 0.1) is 4.90 Å². The number of carboxylic acid groups (broad SMARTS) is 1. The fourth-order valence-electron chi connectivity index (χ4n) is 2.89. The fourth-order valence-corrected chi connectivity index (χ4v) is 3.94. The molecule has 7 nitrogen and oxygen atoms in total. The van der Waals surface area contributed by atoms with Crippen molar-refractivity contribution in [2.75, 3.05) is 6.54 Å². The second kappa shape index (κ2) is 7.79. The smallest absolute Gasteiger partial charge is 0.329 e. The van der Waals surface area contributed by atoms with E-state index in [0.717, 1.165) is 19.3 Å². The molecule has 1 saturated carbocycles. The number of hydrogen-bond donors (Lipinski definition) is 3. The third-order valence-corrected chi connectivity index (χ3v) is 5.71. The lowest BCUT2D eigenvalue weighted by atomic mass is 9.81. The molecule has 8 heteroatoms. The number of sulfonamides is 1. The van der Waals surface area contributed by atoms with Gasteiger partial charge in [0.25, 0.3) is 5.91 Å². The van der Waals surface area contributed by atoms with Gasteiger partial charge in [0.2, 0.25) is 10.0 Å². The minimum Gasteiger partial charge on any atom is -0.480 e. The Kier molecular flexibility index (Phi) is 5.97. The summed E-state index contributed by atoms with van der Waals surface area (Å²) in [5.41, 5.74) is -1.18. The van der Waals surface area contributed by atoms with Crippen LogP contribution < -0.4 is 10.0 Å². The second-order valence-electron chi connectivity index (χ2n) is 6.07. The van der Waals surface area contributed by atoms with Crippen LogP contribution in [0.15, 0.2) is 41.8 Å². The van der Waals surface area contributed by atoms with Crippen molar-refractivity contribution in [3.05, 3.63) is 42.5 Å². The number of rotatable bonds is 7. The molecule has 1 aromatic rings. The first-order chi connectivity index (χ1) is 11.8. The number of hydrogen-bond acceptors (Lipinski definition) is 4. The molecule has 1 aromatic carbocycles. The lowest BCUT2D eigenvalue weighted by Gasteiger charge is -2.34. The minimum absolute atomic E-state index is 0.0602. The average Bonchev–Trinajstić information content (AvgIpc) is 2.61. The molecule has 0 aliphatic heterocycles. The Bertz CT molecular complexity index is 767. The summed E-state index contributed by atoms with van der Waals surface area (Å²) in [6, 6.07) is 5.51. The molecule has 0 spiro atoms. The van der Waals surface area contributed by atoms with E-state index in [1.54, 1.807) is 0 Å². The number of nitrogens with one attached hydrogen (secondary N) is 2. The zero-order valence-corrected chi connectivity index (χ0v) is 14.6. The van der Waals surface area contributed by atoms with Crippen LogP contribution in [0, 0.1) is 0 Å². The van der Waals surface area contributed by atoms with Gasteiger partial charge in [-0.2, -0.15) is 0 Å². The van der Waals surface area contributed by atoms with Gasteiger partial charge in [-0.1, -0.05) is 31.4 Å². The second-order valence-corrected chi connectivity index (χ2v) is 7.84. The Morgan fingerprint density at radius 1 is 1.24 bits per heavy atom. The predicted molar refractivity (Wildman–Crippen MR) is 92.7 cm³/mol. The van der Waals surface area contributed by atoms with Gasteiger partial charge in [-0.05, 0) is 31.0 Å². The molecular weight excluding hydrogens is 344 g/mol. The first-order valence-electron chi connectivity index (χ1n) is 8.07. The third kappa shape index (κ3) is 4.46. The Balaban J connectivity index is 2.23. The number of carboxylic acids is 1. The van der Waals surface area contributed by atoms with Gasteiger partial charge in [-0.15, -0.1) is 6.58 Å². The summed E-state index contributed by atoms with van der Waals surface area (Å²) in [6.45, 7) is 3.52. The van der Waals surface area contributed by atoms with Crippen LogP contribution in [0.3, 0.4) is 0 Å². The van der Waals surface area contributed by atoms with Crippen LogP contribution >= 0.6 is 0 Å². The van der Waals surface area contributed by atoms with Gasteiger partial charge in [0.15, 0.2) is 0 Å². The fraction of sp³-hybridized carbons (Fsp3) is 0.412. The van der Waals surface area contributed by atoms with Crippen LogP contribution in [-0.2, 0) is 14.8 Å². The molecule has 0 unspecified atom stereocenters. The van der Waals surface area contributed by atoms with E-state index in [-0.39, 0.29) is 17.0 Å². The number of benzene rings is 1. The van der Waals surface area contributed by atoms with Crippen LogP contribution in [0.5, 0.6) is 0 Å². The minimum atomic E-state index is -3.76. The van der Waals surface area contributed by atoms with Crippen molar-refractivity contribution in [2.24, 2.45) is 0 Å². The van der Waals surface area contributed by atoms with E-state index in [9.17, 15) is 23.1 Å². The van der Waals surface area contributed by atoms with Crippen LogP contribution in [0.4, 0.5) is 0 Å². The molecular formula is C17H22N2O5S. The number of carbonyl (C=O) groups excluding carboxylic acids is 1. The lowest BCUT2D eigenvalue weighted by Crippen LogP contribution is -2.55. The van der Waals surface area contributed by atoms with Gasteiger partial charge in [-0.25, -0.2) is 17.9 Å².